The number of amides is 2. The van der Waals surface area contributed by atoms with Crippen molar-refractivity contribution in [3.05, 3.63) is 87.9 Å². The molecule has 0 fully saturated rings. The van der Waals surface area contributed by atoms with Crippen molar-refractivity contribution in [2.75, 3.05) is 18.6 Å². The molecule has 0 spiro atoms. The Balaban J connectivity index is 1.80. The number of hydrogen-bond acceptors (Lipinski definition) is 4. The molecule has 1 heterocycles. The molecule has 2 amide bonds. The highest BCUT2D eigenvalue weighted by atomic mass is 35.5. The first kappa shape index (κ1) is 29.5. The highest BCUT2D eigenvalue weighted by molar-refractivity contribution is 6.30. The van der Waals surface area contributed by atoms with Crippen molar-refractivity contribution in [2.24, 2.45) is 0 Å². The van der Waals surface area contributed by atoms with Gasteiger partial charge in [0.1, 0.15) is 0 Å². The Hall–Kier alpha value is -3.51. The van der Waals surface area contributed by atoms with Crippen LogP contribution in [0.2, 0.25) is 5.02 Å². The largest absolute Gasteiger partial charge is 0.493 e. The fourth-order valence-electron chi connectivity index (χ4n) is 5.33. The highest BCUT2D eigenvalue weighted by Crippen LogP contribution is 2.44. The van der Waals surface area contributed by atoms with E-state index in [0.29, 0.717) is 23.1 Å². The molecule has 40 heavy (non-hydrogen) atoms. The summed E-state index contributed by atoms with van der Waals surface area (Å²) in [6, 6.07) is 19.1. The number of nitrogens with zero attached hydrogens (tertiary/aromatic N) is 2. The summed E-state index contributed by atoms with van der Waals surface area (Å²) in [7, 11) is 1.62. The van der Waals surface area contributed by atoms with Gasteiger partial charge in [0.05, 0.1) is 31.7 Å². The van der Waals surface area contributed by atoms with Gasteiger partial charge in [0, 0.05) is 24.2 Å². The summed E-state index contributed by atoms with van der Waals surface area (Å²) < 4.78 is 11.9. The number of halogens is 1. The maximum absolute atomic E-state index is 13.8. The Labute approximate surface area is 242 Å². The van der Waals surface area contributed by atoms with Gasteiger partial charge < -0.3 is 19.3 Å². The molecule has 0 aromatic heterocycles. The zero-order valence-electron chi connectivity index (χ0n) is 24.2. The number of carbonyl (C=O) groups excluding carboxylic acids is 2. The predicted octanol–water partition coefficient (Wildman–Crippen LogP) is 7.52. The minimum absolute atomic E-state index is 0.0118. The van der Waals surface area contributed by atoms with Crippen molar-refractivity contribution in [2.45, 2.75) is 72.1 Å². The first-order valence-electron chi connectivity index (χ1n) is 14.0. The van der Waals surface area contributed by atoms with Gasteiger partial charge in [0.25, 0.3) is 0 Å². The first-order chi connectivity index (χ1) is 19.2. The predicted molar refractivity (Wildman–Crippen MR) is 160 cm³/mol. The molecule has 212 valence electrons. The van der Waals surface area contributed by atoms with Crippen LogP contribution in [0.3, 0.4) is 0 Å². The average Bonchev–Trinajstić information content (AvgIpc) is 2.95. The second-order valence-electron chi connectivity index (χ2n) is 10.4. The van der Waals surface area contributed by atoms with Crippen molar-refractivity contribution in [3.63, 3.8) is 0 Å². The van der Waals surface area contributed by atoms with E-state index in [0.717, 1.165) is 40.8 Å². The molecular weight excluding hydrogens is 524 g/mol. The Morgan fingerprint density at radius 2 is 1.73 bits per heavy atom. The van der Waals surface area contributed by atoms with E-state index in [-0.39, 0.29) is 36.4 Å². The maximum Gasteiger partial charge on any atom is 0.232 e. The molecular formula is C33H39ClN2O4. The molecule has 3 aromatic rings. The Morgan fingerprint density at radius 1 is 1.05 bits per heavy atom. The van der Waals surface area contributed by atoms with E-state index in [1.54, 1.807) is 14.0 Å². The van der Waals surface area contributed by atoms with Gasteiger partial charge in [-0.2, -0.15) is 0 Å². The molecule has 3 unspecified atom stereocenters. The van der Waals surface area contributed by atoms with Crippen LogP contribution in [0.5, 0.6) is 11.5 Å². The van der Waals surface area contributed by atoms with Crippen molar-refractivity contribution >= 4 is 29.1 Å². The second kappa shape index (κ2) is 12.8. The molecule has 1 aliphatic heterocycles. The molecule has 0 saturated carbocycles. The van der Waals surface area contributed by atoms with Gasteiger partial charge in [0.2, 0.25) is 11.8 Å². The summed E-state index contributed by atoms with van der Waals surface area (Å²) in [5, 5.41) is 0.633. The zero-order chi connectivity index (χ0) is 29.0. The van der Waals surface area contributed by atoms with Crippen LogP contribution in [-0.4, -0.2) is 36.5 Å². The van der Waals surface area contributed by atoms with Gasteiger partial charge in [-0.05, 0) is 85.3 Å². The number of methoxy groups -OCH3 is 1. The minimum Gasteiger partial charge on any atom is -0.493 e. The van der Waals surface area contributed by atoms with E-state index in [1.807, 2.05) is 84.3 Å². The number of carbonyl (C=O) groups is 2. The lowest BCUT2D eigenvalue weighted by Crippen LogP contribution is -2.41. The smallest absolute Gasteiger partial charge is 0.232 e. The van der Waals surface area contributed by atoms with Gasteiger partial charge in [0.15, 0.2) is 11.5 Å². The van der Waals surface area contributed by atoms with Gasteiger partial charge >= 0.3 is 0 Å². The Bertz CT molecular complexity index is 1340. The van der Waals surface area contributed by atoms with Crippen LogP contribution in [0, 0.1) is 0 Å². The summed E-state index contributed by atoms with van der Waals surface area (Å²) in [6.45, 7) is 10.5. The number of benzene rings is 3. The summed E-state index contributed by atoms with van der Waals surface area (Å²) in [5.41, 5.74) is 4.66. The third-order valence-electron chi connectivity index (χ3n) is 7.67. The summed E-state index contributed by atoms with van der Waals surface area (Å²) >= 11 is 6.24. The van der Waals surface area contributed by atoms with E-state index in [1.165, 1.54) is 0 Å². The quantitative estimate of drug-likeness (QED) is 0.256. The lowest BCUT2D eigenvalue weighted by atomic mass is 9.86. The molecule has 0 bridgehead atoms. The van der Waals surface area contributed by atoms with Gasteiger partial charge in [-0.3, -0.25) is 9.59 Å². The van der Waals surface area contributed by atoms with Crippen LogP contribution in [-0.2, 0) is 16.0 Å². The summed E-state index contributed by atoms with van der Waals surface area (Å²) in [6.07, 6.45) is 2.00. The highest BCUT2D eigenvalue weighted by Gasteiger charge is 2.36. The number of hydrogen-bond donors (Lipinski definition) is 0. The van der Waals surface area contributed by atoms with Crippen LogP contribution in [0.4, 0.5) is 5.69 Å². The van der Waals surface area contributed by atoms with Gasteiger partial charge in [-0.25, -0.2) is 0 Å². The van der Waals surface area contributed by atoms with Crippen molar-refractivity contribution in [3.8, 4) is 11.5 Å². The van der Waals surface area contributed by atoms with Crippen LogP contribution >= 0.6 is 11.6 Å². The molecule has 3 atom stereocenters. The SMILES string of the molecule is CCCN(C(C)=O)C(C)c1ccc(N2C(=O)Cc3cc(OC)c(OC(C)CC)cc3C2c2ccc(Cl)cc2)cc1. The van der Waals surface area contributed by atoms with Gasteiger partial charge in [-0.15, -0.1) is 0 Å². The van der Waals surface area contributed by atoms with Crippen LogP contribution < -0.4 is 14.4 Å². The third kappa shape index (κ3) is 6.12. The molecule has 0 N–H and O–H groups in total. The minimum atomic E-state index is -0.379. The van der Waals surface area contributed by atoms with Crippen molar-refractivity contribution in [1.29, 1.82) is 0 Å². The molecule has 0 saturated heterocycles. The number of fused-ring (bicyclic) bond motifs is 1. The van der Waals surface area contributed by atoms with Crippen molar-refractivity contribution < 1.29 is 19.1 Å². The molecule has 0 aliphatic carbocycles. The number of rotatable bonds is 10. The van der Waals surface area contributed by atoms with E-state index in [4.69, 9.17) is 21.1 Å². The topological polar surface area (TPSA) is 59.1 Å². The lowest BCUT2D eigenvalue weighted by molar-refractivity contribution is -0.131. The van der Waals surface area contributed by atoms with Crippen LogP contribution in [0.15, 0.2) is 60.7 Å². The summed E-state index contributed by atoms with van der Waals surface area (Å²) in [5.74, 6) is 1.32. The van der Waals surface area contributed by atoms with E-state index >= 15 is 0 Å². The van der Waals surface area contributed by atoms with E-state index in [9.17, 15) is 9.59 Å². The lowest BCUT2D eigenvalue weighted by Gasteiger charge is -2.38. The molecule has 4 rings (SSSR count). The second-order valence-corrected chi connectivity index (χ2v) is 10.8. The Morgan fingerprint density at radius 3 is 2.30 bits per heavy atom. The fourth-order valence-corrected chi connectivity index (χ4v) is 5.46. The van der Waals surface area contributed by atoms with Crippen LogP contribution in [0.25, 0.3) is 0 Å². The average molecular weight is 563 g/mol. The monoisotopic (exact) mass is 562 g/mol. The molecule has 7 heteroatoms. The molecule has 0 radical (unpaired) electrons. The van der Waals surface area contributed by atoms with E-state index < -0.39 is 0 Å². The fraction of sp³-hybridized carbons (Fsp3) is 0.394. The molecule has 1 aliphatic rings. The van der Waals surface area contributed by atoms with Crippen LogP contribution in [0.1, 0.15) is 81.8 Å². The Kier molecular flexibility index (Phi) is 9.41. The maximum atomic E-state index is 13.8. The first-order valence-corrected chi connectivity index (χ1v) is 14.4. The van der Waals surface area contributed by atoms with Gasteiger partial charge in [-0.1, -0.05) is 49.7 Å². The van der Waals surface area contributed by atoms with E-state index in [2.05, 4.69) is 13.8 Å². The van der Waals surface area contributed by atoms with Crippen molar-refractivity contribution in [1.82, 2.24) is 4.90 Å². The third-order valence-corrected chi connectivity index (χ3v) is 7.92. The standard InChI is InChI=1S/C33H39ClN2O4/c1-7-17-35(23(5)37)22(4)24-11-15-28(16-12-24)36-32(38)19-26-18-30(39-6)31(40-21(3)8-2)20-29(26)33(36)25-9-13-27(34)14-10-25/h9-16,18,20-22,33H,7-8,17,19H2,1-6H3. The normalized spacial score (nSPS) is 16.2. The summed E-state index contributed by atoms with van der Waals surface area (Å²) in [4.78, 5) is 29.8. The molecule has 6 nitrogen and oxygen atoms in total. The zero-order valence-corrected chi connectivity index (χ0v) is 25.0. The number of anilines is 1. The molecule has 3 aromatic carbocycles. The number of ether oxygens (including phenoxy) is 2.